The number of ether oxygens (including phenoxy) is 3. The first-order valence-corrected chi connectivity index (χ1v) is 15.4. The van der Waals surface area contributed by atoms with Crippen molar-refractivity contribution < 1.29 is 48.7 Å². The van der Waals surface area contributed by atoms with E-state index in [1.54, 1.807) is 0 Å². The van der Waals surface area contributed by atoms with E-state index in [0.717, 1.165) is 64.2 Å². The van der Waals surface area contributed by atoms with Gasteiger partial charge in [-0.15, -0.1) is 0 Å². The summed E-state index contributed by atoms with van der Waals surface area (Å²) < 4.78 is 15.9. The SMILES string of the molecule is O=CC(NCCOCCO)OCCOCCNCCC[C@H](NC(=O)CCCCCCCCCCCCC(=O)O)C(=O)O. The quantitative estimate of drug-likeness (QED) is 0.0362. The number of carbonyl (C=O) groups is 4. The number of carboxylic acids is 2. The summed E-state index contributed by atoms with van der Waals surface area (Å²) in [6.07, 6.45) is 11.5. The third kappa shape index (κ3) is 28.0. The monoisotopic (exact) mass is 605 g/mol. The smallest absolute Gasteiger partial charge is 0.326 e. The Morgan fingerprint density at radius 3 is 1.88 bits per heavy atom. The van der Waals surface area contributed by atoms with Crippen LogP contribution < -0.4 is 16.0 Å². The maximum Gasteiger partial charge on any atom is 0.326 e. The molecule has 42 heavy (non-hydrogen) atoms. The van der Waals surface area contributed by atoms with Crippen molar-refractivity contribution in [1.29, 1.82) is 0 Å². The Balaban J connectivity index is 3.66. The van der Waals surface area contributed by atoms with E-state index in [4.69, 9.17) is 24.4 Å². The molecule has 0 rings (SSSR count). The summed E-state index contributed by atoms with van der Waals surface area (Å²) >= 11 is 0. The van der Waals surface area contributed by atoms with Gasteiger partial charge in [0.25, 0.3) is 0 Å². The first-order valence-electron chi connectivity index (χ1n) is 15.4. The minimum atomic E-state index is -1.03. The fourth-order valence-electron chi connectivity index (χ4n) is 4.12. The largest absolute Gasteiger partial charge is 0.481 e. The van der Waals surface area contributed by atoms with Gasteiger partial charge in [-0.05, 0) is 32.2 Å². The van der Waals surface area contributed by atoms with Gasteiger partial charge in [0, 0.05) is 25.9 Å². The van der Waals surface area contributed by atoms with Crippen LogP contribution in [0, 0.1) is 0 Å². The number of aldehydes is 1. The van der Waals surface area contributed by atoms with Gasteiger partial charge in [-0.3, -0.25) is 19.7 Å². The molecule has 0 aliphatic carbocycles. The van der Waals surface area contributed by atoms with Crippen LogP contribution in [0.2, 0.25) is 0 Å². The van der Waals surface area contributed by atoms with E-state index >= 15 is 0 Å². The number of nitrogens with one attached hydrogen (secondary N) is 3. The van der Waals surface area contributed by atoms with Crippen LogP contribution in [0.1, 0.15) is 89.9 Å². The summed E-state index contributed by atoms with van der Waals surface area (Å²) in [5.41, 5.74) is 0. The van der Waals surface area contributed by atoms with Crippen LogP contribution in [0.5, 0.6) is 0 Å². The predicted octanol–water partition coefficient (Wildman–Crippen LogP) is 1.85. The van der Waals surface area contributed by atoms with Crippen molar-refractivity contribution in [2.45, 2.75) is 102 Å². The Morgan fingerprint density at radius 2 is 1.29 bits per heavy atom. The molecule has 13 heteroatoms. The summed E-state index contributed by atoms with van der Waals surface area (Å²) in [5.74, 6) is -1.99. The van der Waals surface area contributed by atoms with Crippen molar-refractivity contribution in [2.75, 3.05) is 59.3 Å². The number of unbranched alkanes of at least 4 members (excludes halogenated alkanes) is 9. The Morgan fingerprint density at radius 1 is 0.690 bits per heavy atom. The molecule has 0 aliphatic heterocycles. The molecule has 0 fully saturated rings. The highest BCUT2D eigenvalue weighted by molar-refractivity contribution is 5.83. The Labute approximate surface area is 250 Å². The number of carboxylic acid groups (broad SMARTS) is 2. The number of aliphatic hydroxyl groups excluding tert-OH is 1. The van der Waals surface area contributed by atoms with E-state index in [-0.39, 0.29) is 32.1 Å². The molecule has 0 saturated heterocycles. The molecular formula is C29H55N3O10. The minimum Gasteiger partial charge on any atom is -0.481 e. The second-order valence-electron chi connectivity index (χ2n) is 10.1. The molecule has 1 amide bonds. The van der Waals surface area contributed by atoms with Crippen LogP contribution in [0.3, 0.4) is 0 Å². The zero-order valence-corrected chi connectivity index (χ0v) is 25.2. The Hall–Kier alpha value is -2.16. The Bertz CT molecular complexity index is 684. The highest BCUT2D eigenvalue weighted by Crippen LogP contribution is 2.12. The first-order chi connectivity index (χ1) is 20.4. The molecule has 0 spiro atoms. The standard InChI is InChI=1S/C29H55N3O10/c33-18-21-40-20-17-31-27(24-34)42-23-22-41-19-16-30-15-11-12-25(29(38)39)32-26(35)13-9-7-5-3-1-2-4-6-8-10-14-28(36)37/h24-25,27,30-31,33H,1-23H2,(H,32,35)(H,36,37)(H,38,39)/t25-,27?/m0/s1. The molecule has 0 saturated carbocycles. The number of hydrogen-bond acceptors (Lipinski definition) is 10. The van der Waals surface area contributed by atoms with E-state index < -0.39 is 24.2 Å². The summed E-state index contributed by atoms with van der Waals surface area (Å²) in [6, 6.07) is -0.899. The van der Waals surface area contributed by atoms with Crippen LogP contribution in [0.4, 0.5) is 0 Å². The van der Waals surface area contributed by atoms with Crippen LogP contribution in [-0.4, -0.2) is 111 Å². The molecule has 0 aromatic carbocycles. The number of hydrogen-bond donors (Lipinski definition) is 6. The Kier molecular flexibility index (Phi) is 28.7. The number of rotatable bonds is 33. The number of aliphatic hydroxyl groups is 1. The lowest BCUT2D eigenvalue weighted by atomic mass is 10.0. The van der Waals surface area contributed by atoms with E-state index in [9.17, 15) is 24.3 Å². The van der Waals surface area contributed by atoms with Gasteiger partial charge in [-0.2, -0.15) is 0 Å². The maximum atomic E-state index is 12.2. The fraction of sp³-hybridized carbons (Fsp3) is 0.862. The van der Waals surface area contributed by atoms with E-state index in [2.05, 4.69) is 16.0 Å². The van der Waals surface area contributed by atoms with Crippen LogP contribution in [0.15, 0.2) is 0 Å². The number of carbonyl (C=O) groups excluding carboxylic acids is 2. The predicted molar refractivity (Wildman–Crippen MR) is 157 cm³/mol. The van der Waals surface area contributed by atoms with Crippen molar-refractivity contribution in [3.63, 3.8) is 0 Å². The van der Waals surface area contributed by atoms with Gasteiger partial charge in [0.1, 0.15) is 6.04 Å². The summed E-state index contributed by atoms with van der Waals surface area (Å²) in [7, 11) is 0. The highest BCUT2D eigenvalue weighted by atomic mass is 16.5. The third-order valence-corrected chi connectivity index (χ3v) is 6.42. The van der Waals surface area contributed by atoms with Gasteiger partial charge >= 0.3 is 11.9 Å². The van der Waals surface area contributed by atoms with E-state index in [1.807, 2.05) is 0 Å². The minimum absolute atomic E-state index is 0.0496. The second kappa shape index (κ2) is 30.3. The van der Waals surface area contributed by atoms with Crippen molar-refractivity contribution in [3.05, 3.63) is 0 Å². The maximum absolute atomic E-state index is 12.2. The van der Waals surface area contributed by atoms with Crippen molar-refractivity contribution in [2.24, 2.45) is 0 Å². The summed E-state index contributed by atoms with van der Waals surface area (Å²) in [4.78, 5) is 45.2. The zero-order chi connectivity index (χ0) is 31.1. The third-order valence-electron chi connectivity index (χ3n) is 6.42. The molecule has 246 valence electrons. The van der Waals surface area contributed by atoms with Crippen molar-refractivity contribution in [3.8, 4) is 0 Å². The molecule has 0 aromatic rings. The molecule has 2 atom stereocenters. The number of amides is 1. The van der Waals surface area contributed by atoms with Gasteiger partial charge < -0.3 is 40.2 Å². The molecule has 13 nitrogen and oxygen atoms in total. The molecule has 1 unspecified atom stereocenters. The average Bonchev–Trinajstić information content (AvgIpc) is 2.96. The molecule has 0 bridgehead atoms. The summed E-state index contributed by atoms with van der Waals surface area (Å²) in [5, 5.41) is 35.3. The van der Waals surface area contributed by atoms with E-state index in [0.29, 0.717) is 65.0 Å². The highest BCUT2D eigenvalue weighted by Gasteiger charge is 2.19. The lowest BCUT2D eigenvalue weighted by Gasteiger charge is -2.15. The molecule has 0 aliphatic rings. The van der Waals surface area contributed by atoms with Gasteiger partial charge in [-0.25, -0.2) is 4.79 Å². The van der Waals surface area contributed by atoms with Crippen molar-refractivity contribution >= 4 is 24.1 Å². The molecule has 0 aromatic heterocycles. The van der Waals surface area contributed by atoms with Crippen LogP contribution in [0.25, 0.3) is 0 Å². The lowest BCUT2D eigenvalue weighted by molar-refractivity contribution is -0.142. The second-order valence-corrected chi connectivity index (χ2v) is 10.1. The van der Waals surface area contributed by atoms with Gasteiger partial charge in [0.15, 0.2) is 12.5 Å². The molecule has 0 heterocycles. The summed E-state index contributed by atoms with van der Waals surface area (Å²) in [6.45, 7) is 3.15. The molecule has 0 radical (unpaired) electrons. The first kappa shape index (κ1) is 39.8. The topological polar surface area (TPSA) is 193 Å². The van der Waals surface area contributed by atoms with Gasteiger partial charge in [0.2, 0.25) is 5.91 Å². The van der Waals surface area contributed by atoms with E-state index in [1.165, 1.54) is 0 Å². The fourth-order valence-corrected chi connectivity index (χ4v) is 4.12. The lowest BCUT2D eigenvalue weighted by Crippen LogP contribution is -2.41. The van der Waals surface area contributed by atoms with Crippen LogP contribution in [-0.2, 0) is 33.4 Å². The molecule has 6 N–H and O–H groups in total. The number of aliphatic carboxylic acids is 2. The normalized spacial score (nSPS) is 12.6. The average molecular weight is 606 g/mol. The zero-order valence-electron chi connectivity index (χ0n) is 25.2. The van der Waals surface area contributed by atoms with Gasteiger partial charge in [-0.1, -0.05) is 51.4 Å². The van der Waals surface area contributed by atoms with Gasteiger partial charge in [0.05, 0.1) is 39.6 Å². The van der Waals surface area contributed by atoms with Crippen LogP contribution >= 0.6 is 0 Å². The van der Waals surface area contributed by atoms with Crippen molar-refractivity contribution in [1.82, 2.24) is 16.0 Å². The molecular weight excluding hydrogens is 550 g/mol.